The fourth-order valence-corrected chi connectivity index (χ4v) is 2.33. The smallest absolute Gasteiger partial charge is 0.315 e. The molecule has 1 aliphatic heterocycles. The molecule has 19 heavy (non-hydrogen) atoms. The third-order valence-electron chi connectivity index (χ3n) is 2.86. The molecule has 1 aromatic heterocycles. The standard InChI is InChI=1S/C11H14N4O3S/c1-8(16)14-3-5-15(6-4-14)10(18)9(17)13-11-12-2-7-19-11/h2,7H,3-6H2,1H3,(H,12,13,17). The summed E-state index contributed by atoms with van der Waals surface area (Å²) in [5, 5.41) is 4.57. The lowest BCUT2D eigenvalue weighted by atomic mass is 10.3. The molecule has 0 bridgehead atoms. The first-order chi connectivity index (χ1) is 9.08. The first-order valence-corrected chi connectivity index (χ1v) is 6.71. The minimum atomic E-state index is -0.689. The molecule has 1 N–H and O–H groups in total. The Kier molecular flexibility index (Phi) is 4.10. The summed E-state index contributed by atoms with van der Waals surface area (Å²) in [5.41, 5.74) is 0. The minimum Gasteiger partial charge on any atom is -0.339 e. The van der Waals surface area contributed by atoms with Crippen LogP contribution in [-0.4, -0.2) is 58.7 Å². The number of anilines is 1. The van der Waals surface area contributed by atoms with Crippen molar-refractivity contribution in [1.29, 1.82) is 0 Å². The van der Waals surface area contributed by atoms with Crippen molar-refractivity contribution in [3.63, 3.8) is 0 Å². The van der Waals surface area contributed by atoms with Crippen molar-refractivity contribution in [1.82, 2.24) is 14.8 Å². The number of piperazine rings is 1. The normalized spacial score (nSPS) is 15.2. The maximum absolute atomic E-state index is 11.9. The minimum absolute atomic E-state index is 0.0145. The van der Waals surface area contributed by atoms with Crippen LogP contribution < -0.4 is 5.32 Å². The van der Waals surface area contributed by atoms with Crippen LogP contribution in [0.15, 0.2) is 11.6 Å². The van der Waals surface area contributed by atoms with Crippen LogP contribution in [0.4, 0.5) is 5.13 Å². The van der Waals surface area contributed by atoms with Crippen LogP contribution in [0, 0.1) is 0 Å². The number of nitrogens with one attached hydrogen (secondary N) is 1. The summed E-state index contributed by atoms with van der Waals surface area (Å²) in [6, 6.07) is 0. The molecule has 2 rings (SSSR count). The fraction of sp³-hybridized carbons (Fsp3) is 0.455. The summed E-state index contributed by atoms with van der Waals surface area (Å²) >= 11 is 1.25. The van der Waals surface area contributed by atoms with Crippen molar-refractivity contribution in [3.8, 4) is 0 Å². The van der Waals surface area contributed by atoms with Gasteiger partial charge >= 0.3 is 11.8 Å². The molecule has 0 spiro atoms. The van der Waals surface area contributed by atoms with Crippen molar-refractivity contribution >= 4 is 34.2 Å². The molecule has 3 amide bonds. The average Bonchev–Trinajstić information content (AvgIpc) is 2.90. The third kappa shape index (κ3) is 3.28. The van der Waals surface area contributed by atoms with Gasteiger partial charge in [-0.25, -0.2) is 4.98 Å². The van der Waals surface area contributed by atoms with Gasteiger partial charge in [0.2, 0.25) is 5.91 Å². The lowest BCUT2D eigenvalue weighted by Crippen LogP contribution is -2.52. The van der Waals surface area contributed by atoms with E-state index in [4.69, 9.17) is 0 Å². The zero-order valence-corrected chi connectivity index (χ0v) is 11.3. The number of nitrogens with zero attached hydrogens (tertiary/aromatic N) is 3. The molecular formula is C11H14N4O3S. The van der Waals surface area contributed by atoms with Crippen LogP contribution in [0.5, 0.6) is 0 Å². The number of hydrogen-bond acceptors (Lipinski definition) is 5. The van der Waals surface area contributed by atoms with E-state index in [1.165, 1.54) is 23.2 Å². The zero-order valence-electron chi connectivity index (χ0n) is 10.5. The molecule has 1 saturated heterocycles. The van der Waals surface area contributed by atoms with E-state index in [2.05, 4.69) is 10.3 Å². The number of carbonyl (C=O) groups is 3. The Balaban J connectivity index is 1.87. The van der Waals surface area contributed by atoms with Gasteiger partial charge in [0.25, 0.3) is 0 Å². The van der Waals surface area contributed by atoms with Gasteiger partial charge in [-0.3, -0.25) is 19.7 Å². The number of hydrogen-bond donors (Lipinski definition) is 1. The monoisotopic (exact) mass is 282 g/mol. The highest BCUT2D eigenvalue weighted by molar-refractivity contribution is 7.13. The third-order valence-corrected chi connectivity index (χ3v) is 3.55. The first-order valence-electron chi connectivity index (χ1n) is 5.83. The molecule has 7 nitrogen and oxygen atoms in total. The summed E-state index contributed by atoms with van der Waals surface area (Å²) in [5.74, 6) is -1.29. The highest BCUT2D eigenvalue weighted by Crippen LogP contribution is 2.10. The maximum Gasteiger partial charge on any atom is 0.315 e. The molecular weight excluding hydrogens is 268 g/mol. The van der Waals surface area contributed by atoms with E-state index in [9.17, 15) is 14.4 Å². The second kappa shape index (κ2) is 5.79. The summed E-state index contributed by atoms with van der Waals surface area (Å²) in [4.78, 5) is 41.7. The van der Waals surface area contributed by atoms with Gasteiger partial charge in [-0.2, -0.15) is 0 Å². The average molecular weight is 282 g/mol. The Hall–Kier alpha value is -1.96. The van der Waals surface area contributed by atoms with Gasteiger partial charge in [-0.1, -0.05) is 0 Å². The van der Waals surface area contributed by atoms with Gasteiger partial charge in [0, 0.05) is 44.7 Å². The van der Waals surface area contributed by atoms with Crippen molar-refractivity contribution in [2.75, 3.05) is 31.5 Å². The second-order valence-electron chi connectivity index (χ2n) is 4.09. The molecule has 2 heterocycles. The first kappa shape index (κ1) is 13.5. The Bertz CT molecular complexity index is 480. The number of carbonyl (C=O) groups excluding carboxylic acids is 3. The predicted octanol–water partition coefficient (Wildman–Crippen LogP) is -0.228. The summed E-state index contributed by atoms with van der Waals surface area (Å²) in [6.07, 6.45) is 1.55. The molecule has 0 aliphatic carbocycles. The molecule has 0 aromatic carbocycles. The van der Waals surface area contributed by atoms with Gasteiger partial charge in [0.05, 0.1) is 0 Å². The molecule has 0 atom stereocenters. The van der Waals surface area contributed by atoms with E-state index in [-0.39, 0.29) is 5.91 Å². The second-order valence-corrected chi connectivity index (χ2v) is 4.98. The van der Waals surface area contributed by atoms with E-state index in [1.807, 2.05) is 0 Å². The predicted molar refractivity (Wildman–Crippen MR) is 69.6 cm³/mol. The lowest BCUT2D eigenvalue weighted by molar-refractivity contribution is -0.145. The van der Waals surface area contributed by atoms with Crippen LogP contribution in [0.2, 0.25) is 0 Å². The van der Waals surface area contributed by atoms with E-state index < -0.39 is 11.8 Å². The zero-order chi connectivity index (χ0) is 13.8. The number of thiazole rings is 1. The van der Waals surface area contributed by atoms with Crippen molar-refractivity contribution in [3.05, 3.63) is 11.6 Å². The molecule has 0 radical (unpaired) electrons. The molecule has 1 fully saturated rings. The van der Waals surface area contributed by atoms with Gasteiger partial charge in [-0.05, 0) is 0 Å². The largest absolute Gasteiger partial charge is 0.339 e. The van der Waals surface area contributed by atoms with Crippen LogP contribution in [0.3, 0.4) is 0 Å². The summed E-state index contributed by atoms with van der Waals surface area (Å²) < 4.78 is 0. The molecule has 0 saturated carbocycles. The van der Waals surface area contributed by atoms with E-state index in [0.29, 0.717) is 31.3 Å². The quantitative estimate of drug-likeness (QED) is 0.721. The van der Waals surface area contributed by atoms with Crippen molar-refractivity contribution in [2.24, 2.45) is 0 Å². The number of amides is 3. The lowest BCUT2D eigenvalue weighted by Gasteiger charge is -2.33. The fourth-order valence-electron chi connectivity index (χ4n) is 1.80. The highest BCUT2D eigenvalue weighted by Gasteiger charge is 2.27. The Morgan fingerprint density at radius 2 is 1.84 bits per heavy atom. The molecule has 1 aromatic rings. The van der Waals surface area contributed by atoms with Gasteiger partial charge < -0.3 is 9.80 Å². The molecule has 1 aliphatic rings. The van der Waals surface area contributed by atoms with Gasteiger partial charge in [0.1, 0.15) is 0 Å². The van der Waals surface area contributed by atoms with E-state index in [1.54, 1.807) is 16.5 Å². The highest BCUT2D eigenvalue weighted by atomic mass is 32.1. The number of rotatable bonds is 1. The maximum atomic E-state index is 11.9. The van der Waals surface area contributed by atoms with Gasteiger partial charge in [0.15, 0.2) is 5.13 Å². The van der Waals surface area contributed by atoms with Crippen molar-refractivity contribution < 1.29 is 14.4 Å². The SMILES string of the molecule is CC(=O)N1CCN(C(=O)C(=O)Nc2nccs2)CC1. The van der Waals surface area contributed by atoms with Crippen LogP contribution >= 0.6 is 11.3 Å². The Morgan fingerprint density at radius 1 is 1.21 bits per heavy atom. The Labute approximate surface area is 114 Å². The van der Waals surface area contributed by atoms with E-state index in [0.717, 1.165) is 0 Å². The topological polar surface area (TPSA) is 82.6 Å². The summed E-state index contributed by atoms with van der Waals surface area (Å²) in [7, 11) is 0. The van der Waals surface area contributed by atoms with Crippen LogP contribution in [0.1, 0.15) is 6.92 Å². The van der Waals surface area contributed by atoms with E-state index >= 15 is 0 Å². The molecule has 0 unspecified atom stereocenters. The molecule has 8 heteroatoms. The van der Waals surface area contributed by atoms with Crippen molar-refractivity contribution in [2.45, 2.75) is 6.92 Å². The Morgan fingerprint density at radius 3 is 2.37 bits per heavy atom. The van der Waals surface area contributed by atoms with Crippen LogP contribution in [0.25, 0.3) is 0 Å². The van der Waals surface area contributed by atoms with Gasteiger partial charge in [-0.15, -0.1) is 11.3 Å². The number of aromatic nitrogens is 1. The van der Waals surface area contributed by atoms with Crippen LogP contribution in [-0.2, 0) is 14.4 Å². The summed E-state index contributed by atoms with van der Waals surface area (Å²) in [6.45, 7) is 3.18. The molecule has 102 valence electrons.